The number of aryl methyl sites for hydroxylation is 1. The number of hydrogen-bond acceptors (Lipinski definition) is 5. The highest BCUT2D eigenvalue weighted by atomic mass is 32.1. The van der Waals surface area contributed by atoms with E-state index in [0.29, 0.717) is 5.91 Å². The van der Waals surface area contributed by atoms with Crippen LogP contribution < -0.4 is 0 Å². The molecule has 5 nitrogen and oxygen atoms in total. The standard InChI is InChI=1S/C25H34N4OS/c1-3-29-14-10-25(23(29)30)19-28(16-21-5-4-11-26-15-21)18-24(25)8-12-27(13-9-24)17-22-7-6-20(2)31-22/h4-7,11,15H,3,8-10,12-14,16-19H2,1-2H3/t25-/m0/s1. The lowest BCUT2D eigenvalue weighted by Gasteiger charge is -2.47. The first-order chi connectivity index (χ1) is 15.0. The van der Waals surface area contributed by atoms with Crippen LogP contribution in [0.15, 0.2) is 36.7 Å². The normalized spacial score (nSPS) is 26.5. The third-order valence-corrected chi connectivity index (χ3v) is 9.02. The molecule has 0 unspecified atom stereocenters. The number of piperidine rings is 1. The highest BCUT2D eigenvalue weighted by molar-refractivity contribution is 7.11. The summed E-state index contributed by atoms with van der Waals surface area (Å²) in [6, 6.07) is 8.67. The van der Waals surface area contributed by atoms with Gasteiger partial charge in [-0.15, -0.1) is 11.3 Å². The molecule has 0 bridgehead atoms. The second-order valence-electron chi connectivity index (χ2n) is 9.79. The number of hydrogen-bond donors (Lipinski definition) is 0. The molecule has 6 heteroatoms. The van der Waals surface area contributed by atoms with E-state index in [-0.39, 0.29) is 10.8 Å². The monoisotopic (exact) mass is 438 g/mol. The second-order valence-corrected chi connectivity index (χ2v) is 11.2. The van der Waals surface area contributed by atoms with Crippen molar-refractivity contribution in [2.45, 2.75) is 46.2 Å². The quantitative estimate of drug-likeness (QED) is 0.712. The lowest BCUT2D eigenvalue weighted by Crippen LogP contribution is -2.52. The molecular formula is C25H34N4OS. The van der Waals surface area contributed by atoms with Crippen molar-refractivity contribution in [3.8, 4) is 0 Å². The molecule has 0 saturated carbocycles. The molecule has 5 heterocycles. The molecule has 1 amide bonds. The number of amides is 1. The Hall–Kier alpha value is -1.76. The summed E-state index contributed by atoms with van der Waals surface area (Å²) in [6.07, 6.45) is 7.08. The number of carbonyl (C=O) groups excluding carboxylic acids is 1. The first-order valence-electron chi connectivity index (χ1n) is 11.7. The van der Waals surface area contributed by atoms with E-state index in [0.717, 1.165) is 71.6 Å². The Bertz CT molecular complexity index is 921. The molecule has 0 aromatic carbocycles. The van der Waals surface area contributed by atoms with Crippen LogP contribution in [0.5, 0.6) is 0 Å². The van der Waals surface area contributed by atoms with Crippen molar-refractivity contribution in [1.82, 2.24) is 19.7 Å². The van der Waals surface area contributed by atoms with Crippen molar-refractivity contribution in [3.05, 3.63) is 52.0 Å². The van der Waals surface area contributed by atoms with Crippen LogP contribution in [-0.2, 0) is 17.9 Å². The minimum absolute atomic E-state index is 0.109. The zero-order valence-electron chi connectivity index (χ0n) is 18.8. The molecule has 3 aliphatic heterocycles. The smallest absolute Gasteiger partial charge is 0.230 e. The number of fused-ring (bicyclic) bond motifs is 1. The van der Waals surface area contributed by atoms with E-state index in [9.17, 15) is 4.79 Å². The minimum Gasteiger partial charge on any atom is -0.342 e. The van der Waals surface area contributed by atoms with E-state index >= 15 is 0 Å². The van der Waals surface area contributed by atoms with Crippen molar-refractivity contribution < 1.29 is 4.79 Å². The molecule has 2 aromatic heterocycles. The van der Waals surface area contributed by atoms with Crippen LogP contribution in [0.2, 0.25) is 0 Å². The van der Waals surface area contributed by atoms with E-state index in [1.165, 1.54) is 15.3 Å². The van der Waals surface area contributed by atoms with E-state index in [1.54, 1.807) is 0 Å². The molecule has 5 rings (SSSR count). The molecule has 3 fully saturated rings. The van der Waals surface area contributed by atoms with Gasteiger partial charge in [0.25, 0.3) is 0 Å². The van der Waals surface area contributed by atoms with Crippen LogP contribution in [0, 0.1) is 17.8 Å². The average molecular weight is 439 g/mol. The third kappa shape index (κ3) is 3.73. The highest BCUT2D eigenvalue weighted by Crippen LogP contribution is 2.58. The summed E-state index contributed by atoms with van der Waals surface area (Å²) in [7, 11) is 0. The van der Waals surface area contributed by atoms with Crippen molar-refractivity contribution in [1.29, 1.82) is 0 Å². The second kappa shape index (κ2) is 8.30. The lowest BCUT2D eigenvalue weighted by molar-refractivity contribution is -0.142. The maximum Gasteiger partial charge on any atom is 0.230 e. The number of thiophene rings is 1. The molecule has 1 atom stereocenters. The summed E-state index contributed by atoms with van der Waals surface area (Å²) in [6.45, 7) is 12.2. The average Bonchev–Trinajstić information content (AvgIpc) is 3.42. The van der Waals surface area contributed by atoms with Gasteiger partial charge in [-0.05, 0) is 70.0 Å². The molecular weight excluding hydrogens is 404 g/mol. The lowest BCUT2D eigenvalue weighted by atomic mass is 9.60. The van der Waals surface area contributed by atoms with Crippen LogP contribution in [0.25, 0.3) is 0 Å². The Morgan fingerprint density at radius 2 is 1.87 bits per heavy atom. The summed E-state index contributed by atoms with van der Waals surface area (Å²) < 4.78 is 0. The van der Waals surface area contributed by atoms with Crippen molar-refractivity contribution in [3.63, 3.8) is 0 Å². The Labute approximate surface area is 190 Å². The zero-order chi connectivity index (χ0) is 21.5. The first-order valence-corrected chi connectivity index (χ1v) is 12.5. The van der Waals surface area contributed by atoms with Crippen LogP contribution in [-0.4, -0.2) is 64.9 Å². The van der Waals surface area contributed by atoms with Gasteiger partial charge in [0.05, 0.1) is 5.41 Å². The van der Waals surface area contributed by atoms with E-state index in [1.807, 2.05) is 29.8 Å². The fraction of sp³-hybridized carbons (Fsp3) is 0.600. The summed E-state index contributed by atoms with van der Waals surface area (Å²) in [5.74, 6) is 0.422. The fourth-order valence-electron chi connectivity index (χ4n) is 6.39. The van der Waals surface area contributed by atoms with Gasteiger partial charge in [-0.1, -0.05) is 6.07 Å². The molecule has 166 valence electrons. The summed E-state index contributed by atoms with van der Waals surface area (Å²) >= 11 is 1.91. The van der Waals surface area contributed by atoms with E-state index in [4.69, 9.17) is 0 Å². The molecule has 2 aromatic rings. The highest BCUT2D eigenvalue weighted by Gasteiger charge is 2.64. The Balaban J connectivity index is 1.35. The Morgan fingerprint density at radius 1 is 1.03 bits per heavy atom. The Morgan fingerprint density at radius 3 is 2.52 bits per heavy atom. The SMILES string of the molecule is CCN1CC[C@]2(CN(Cc3cccnc3)CC23CCN(Cc2ccc(C)s2)CC3)C1=O. The summed E-state index contributed by atoms with van der Waals surface area (Å²) in [5, 5.41) is 0. The predicted octanol–water partition coefficient (Wildman–Crippen LogP) is 3.79. The number of nitrogens with zero attached hydrogens (tertiary/aromatic N) is 4. The number of carbonyl (C=O) groups is 1. The van der Waals surface area contributed by atoms with Crippen LogP contribution >= 0.6 is 11.3 Å². The van der Waals surface area contributed by atoms with Gasteiger partial charge in [0, 0.05) is 66.8 Å². The molecule has 3 saturated heterocycles. The number of rotatable bonds is 5. The Kier molecular flexibility index (Phi) is 5.65. The fourth-order valence-corrected chi connectivity index (χ4v) is 7.32. The van der Waals surface area contributed by atoms with Crippen LogP contribution in [0.3, 0.4) is 0 Å². The van der Waals surface area contributed by atoms with E-state index < -0.39 is 0 Å². The predicted molar refractivity (Wildman–Crippen MR) is 125 cm³/mol. The van der Waals surface area contributed by atoms with Gasteiger partial charge in [-0.25, -0.2) is 0 Å². The van der Waals surface area contributed by atoms with E-state index in [2.05, 4.69) is 51.7 Å². The first kappa shape index (κ1) is 21.1. The van der Waals surface area contributed by atoms with Crippen molar-refractivity contribution >= 4 is 17.2 Å². The van der Waals surface area contributed by atoms with Crippen LogP contribution in [0.4, 0.5) is 0 Å². The van der Waals surface area contributed by atoms with Gasteiger partial charge in [-0.3, -0.25) is 19.6 Å². The number of aromatic nitrogens is 1. The summed E-state index contributed by atoms with van der Waals surface area (Å²) in [4.78, 5) is 28.1. The largest absolute Gasteiger partial charge is 0.342 e. The van der Waals surface area contributed by atoms with Gasteiger partial charge in [-0.2, -0.15) is 0 Å². The molecule has 0 N–H and O–H groups in total. The maximum atomic E-state index is 13.7. The number of pyridine rings is 1. The van der Waals surface area contributed by atoms with Crippen molar-refractivity contribution in [2.24, 2.45) is 10.8 Å². The van der Waals surface area contributed by atoms with Gasteiger partial charge < -0.3 is 4.90 Å². The van der Waals surface area contributed by atoms with Crippen molar-refractivity contribution in [2.75, 3.05) is 39.3 Å². The van der Waals surface area contributed by atoms with Gasteiger partial charge in [0.2, 0.25) is 5.91 Å². The molecule has 0 aliphatic carbocycles. The molecule has 31 heavy (non-hydrogen) atoms. The molecule has 0 radical (unpaired) electrons. The topological polar surface area (TPSA) is 39.7 Å². The summed E-state index contributed by atoms with van der Waals surface area (Å²) in [5.41, 5.74) is 1.16. The minimum atomic E-state index is -0.198. The van der Waals surface area contributed by atoms with Crippen LogP contribution in [0.1, 0.15) is 41.5 Å². The molecule has 2 spiro atoms. The van der Waals surface area contributed by atoms with Gasteiger partial charge in [0.1, 0.15) is 0 Å². The molecule has 3 aliphatic rings. The third-order valence-electron chi connectivity index (χ3n) is 8.04. The maximum absolute atomic E-state index is 13.7. The zero-order valence-corrected chi connectivity index (χ0v) is 19.7. The van der Waals surface area contributed by atoms with Gasteiger partial charge in [0.15, 0.2) is 0 Å². The van der Waals surface area contributed by atoms with Gasteiger partial charge >= 0.3 is 0 Å². The number of likely N-dealkylation sites (tertiary alicyclic amines) is 3.